The monoisotopic (exact) mass is 512 g/mol. The van der Waals surface area contributed by atoms with Crippen molar-refractivity contribution in [2.24, 2.45) is 0 Å². The van der Waals surface area contributed by atoms with Crippen LogP contribution in [0.15, 0.2) is 30.3 Å². The third-order valence-electron chi connectivity index (χ3n) is 5.29. The maximum absolute atomic E-state index is 9.10. The Labute approximate surface area is 212 Å². The van der Waals surface area contributed by atoms with Crippen LogP contribution in [0.25, 0.3) is 0 Å². The van der Waals surface area contributed by atoms with Crippen molar-refractivity contribution in [2.75, 3.05) is 39.8 Å². The Bertz CT molecular complexity index is 718. The molecule has 0 bridgehead atoms. The van der Waals surface area contributed by atoms with E-state index in [4.69, 9.17) is 44.3 Å². The Morgan fingerprint density at radius 2 is 1.39 bits per heavy atom. The second-order valence-corrected chi connectivity index (χ2v) is 8.42. The van der Waals surface area contributed by atoms with Gasteiger partial charge in [0.2, 0.25) is 0 Å². The Hall–Kier alpha value is -3.02. The minimum atomic E-state index is -1.82. The highest BCUT2D eigenvalue weighted by Gasteiger charge is 2.19. The van der Waals surface area contributed by atoms with E-state index in [-0.39, 0.29) is 0 Å². The molecule has 0 atom stereocenters. The Morgan fingerprint density at radius 1 is 0.861 bits per heavy atom. The highest BCUT2D eigenvalue weighted by Crippen LogP contribution is 2.16. The van der Waals surface area contributed by atoms with Crippen LogP contribution >= 0.6 is 0 Å². The summed E-state index contributed by atoms with van der Waals surface area (Å²) in [4.78, 5) is 41.4. The van der Waals surface area contributed by atoms with Gasteiger partial charge in [-0.15, -0.1) is 0 Å². The number of piperidine rings is 1. The van der Waals surface area contributed by atoms with Gasteiger partial charge in [0.25, 0.3) is 0 Å². The van der Waals surface area contributed by atoms with Gasteiger partial charge >= 0.3 is 23.9 Å². The minimum Gasteiger partial charge on any atom is -0.473 e. The molecule has 0 amide bonds. The average molecular weight is 513 g/mol. The normalized spacial score (nSPS) is 13.6. The third-order valence-corrected chi connectivity index (χ3v) is 5.29. The molecule has 4 N–H and O–H groups in total. The summed E-state index contributed by atoms with van der Waals surface area (Å²) in [5.41, 5.74) is 1.42. The molecule has 0 aliphatic carbocycles. The molecule has 11 nitrogen and oxygen atoms in total. The number of benzene rings is 1. The number of carboxylic acids is 4. The summed E-state index contributed by atoms with van der Waals surface area (Å²) in [7, 11) is 2.23. The number of hydrogen-bond acceptors (Lipinski definition) is 7. The third kappa shape index (κ3) is 18.3. The number of hydrogen-bond donors (Lipinski definition) is 4. The molecule has 1 aromatic rings. The van der Waals surface area contributed by atoms with Crippen molar-refractivity contribution < 1.29 is 44.3 Å². The van der Waals surface area contributed by atoms with Crippen LogP contribution in [-0.4, -0.2) is 100 Å². The minimum absolute atomic E-state index is 0.486. The summed E-state index contributed by atoms with van der Waals surface area (Å²) in [6, 6.07) is 10.8. The molecule has 0 radical (unpaired) electrons. The van der Waals surface area contributed by atoms with Crippen LogP contribution in [0.2, 0.25) is 0 Å². The highest BCUT2D eigenvalue weighted by atomic mass is 16.5. The zero-order valence-corrected chi connectivity index (χ0v) is 21.2. The van der Waals surface area contributed by atoms with Crippen LogP contribution in [0.4, 0.5) is 0 Å². The quantitative estimate of drug-likeness (QED) is 0.254. The summed E-state index contributed by atoms with van der Waals surface area (Å²) in [6.07, 6.45) is 7.92. The van der Waals surface area contributed by atoms with Crippen molar-refractivity contribution in [3.05, 3.63) is 35.9 Å². The van der Waals surface area contributed by atoms with Gasteiger partial charge in [0.1, 0.15) is 0 Å². The van der Waals surface area contributed by atoms with Crippen LogP contribution < -0.4 is 0 Å². The lowest BCUT2D eigenvalue weighted by Gasteiger charge is -2.32. The van der Waals surface area contributed by atoms with Crippen molar-refractivity contribution in [2.45, 2.75) is 58.1 Å². The molecule has 1 fully saturated rings. The van der Waals surface area contributed by atoms with Gasteiger partial charge in [0, 0.05) is 26.2 Å². The number of likely N-dealkylation sites (tertiary alicyclic amines) is 1. The van der Waals surface area contributed by atoms with E-state index < -0.39 is 23.9 Å². The predicted molar refractivity (Wildman–Crippen MR) is 133 cm³/mol. The molecule has 0 saturated carbocycles. The first-order valence-electron chi connectivity index (χ1n) is 12.1. The van der Waals surface area contributed by atoms with Crippen LogP contribution in [0.1, 0.15) is 51.0 Å². The molecule has 2 rings (SSSR count). The van der Waals surface area contributed by atoms with Gasteiger partial charge in [0.05, 0.1) is 6.10 Å². The molecular formula is C25H40N2O9. The smallest absolute Gasteiger partial charge is 0.414 e. The molecule has 1 aromatic carbocycles. The van der Waals surface area contributed by atoms with Crippen molar-refractivity contribution in [3.8, 4) is 0 Å². The molecule has 1 saturated heterocycles. The number of carboxylic acid groups (broad SMARTS) is 4. The molecule has 204 valence electrons. The number of rotatable bonds is 11. The van der Waals surface area contributed by atoms with E-state index in [0.717, 1.165) is 13.2 Å². The van der Waals surface area contributed by atoms with Crippen molar-refractivity contribution in [1.82, 2.24) is 9.80 Å². The number of unbranched alkanes of at least 4 members (excludes halogenated alkanes) is 2. The van der Waals surface area contributed by atoms with Crippen LogP contribution in [0.3, 0.4) is 0 Å². The largest absolute Gasteiger partial charge is 0.473 e. The van der Waals surface area contributed by atoms with Crippen molar-refractivity contribution in [1.29, 1.82) is 0 Å². The lowest BCUT2D eigenvalue weighted by Crippen LogP contribution is -2.36. The lowest BCUT2D eigenvalue weighted by atomic mass is 10.1. The van der Waals surface area contributed by atoms with Gasteiger partial charge in [-0.1, -0.05) is 37.3 Å². The molecule has 36 heavy (non-hydrogen) atoms. The molecule has 0 spiro atoms. The van der Waals surface area contributed by atoms with Crippen LogP contribution in [0.5, 0.6) is 0 Å². The van der Waals surface area contributed by atoms with E-state index in [1.54, 1.807) is 0 Å². The molecule has 0 aromatic heterocycles. The Balaban J connectivity index is 0.000000846. The summed E-state index contributed by atoms with van der Waals surface area (Å²) >= 11 is 0. The first kappa shape index (κ1) is 33.0. The first-order valence-corrected chi connectivity index (χ1v) is 12.1. The maximum atomic E-state index is 9.10. The van der Waals surface area contributed by atoms with E-state index in [1.807, 2.05) is 0 Å². The van der Waals surface area contributed by atoms with E-state index in [0.29, 0.717) is 6.10 Å². The second-order valence-electron chi connectivity index (χ2n) is 8.42. The number of carbonyl (C=O) groups is 4. The zero-order valence-electron chi connectivity index (χ0n) is 21.2. The van der Waals surface area contributed by atoms with Gasteiger partial charge in [-0.3, -0.25) is 4.90 Å². The van der Waals surface area contributed by atoms with Gasteiger partial charge in [0.15, 0.2) is 0 Å². The van der Waals surface area contributed by atoms with Gasteiger partial charge < -0.3 is 30.1 Å². The molecule has 1 heterocycles. The van der Waals surface area contributed by atoms with E-state index in [2.05, 4.69) is 54.1 Å². The fourth-order valence-electron chi connectivity index (χ4n) is 3.48. The molecule has 1 aliphatic heterocycles. The number of nitrogens with zero attached hydrogens (tertiary/aromatic N) is 2. The fourth-order valence-corrected chi connectivity index (χ4v) is 3.48. The summed E-state index contributed by atoms with van der Waals surface area (Å²) < 4.78 is 6.10. The van der Waals surface area contributed by atoms with Crippen LogP contribution in [-0.2, 0) is 30.5 Å². The predicted octanol–water partition coefficient (Wildman–Crippen LogP) is 2.49. The topological polar surface area (TPSA) is 165 Å². The van der Waals surface area contributed by atoms with Gasteiger partial charge in [-0.2, -0.15) is 0 Å². The lowest BCUT2D eigenvalue weighted by molar-refractivity contribution is -0.159. The molecule has 1 aliphatic rings. The number of aliphatic carboxylic acids is 4. The Kier molecular flexibility index (Phi) is 18.5. The van der Waals surface area contributed by atoms with Crippen molar-refractivity contribution >= 4 is 23.9 Å². The fraction of sp³-hybridized carbons (Fsp3) is 0.600. The maximum Gasteiger partial charge on any atom is 0.414 e. The summed E-state index contributed by atoms with van der Waals surface area (Å²) in [5.74, 6) is -7.30. The number of ether oxygens (including phenoxy) is 1. The highest BCUT2D eigenvalue weighted by molar-refractivity contribution is 6.27. The van der Waals surface area contributed by atoms with Gasteiger partial charge in [-0.05, 0) is 64.2 Å². The zero-order chi connectivity index (χ0) is 27.3. The van der Waals surface area contributed by atoms with Crippen molar-refractivity contribution in [3.63, 3.8) is 0 Å². The molecular weight excluding hydrogens is 472 g/mol. The first-order chi connectivity index (χ1) is 17.1. The Morgan fingerprint density at radius 3 is 1.86 bits per heavy atom. The van der Waals surface area contributed by atoms with E-state index >= 15 is 0 Å². The summed E-state index contributed by atoms with van der Waals surface area (Å²) in [6.45, 7) is 9.06. The molecule has 11 heteroatoms. The van der Waals surface area contributed by atoms with E-state index in [9.17, 15) is 0 Å². The average Bonchev–Trinajstić information content (AvgIpc) is 2.84. The van der Waals surface area contributed by atoms with Crippen LogP contribution in [0, 0.1) is 0 Å². The van der Waals surface area contributed by atoms with E-state index in [1.165, 1.54) is 70.3 Å². The van der Waals surface area contributed by atoms with Gasteiger partial charge in [-0.25, -0.2) is 19.2 Å². The SMILES string of the molecule is CCCN(C)CCCCCOC1CCN(Cc2ccccc2)CC1.O=C(O)C(=O)O.O=C(O)C(=O)O. The standard InChI is InChI=1S/C21H36N2O.2C2H2O4/c1-3-14-22(2)15-8-5-9-18-24-21-12-16-23(17-13-21)19-20-10-6-4-7-11-20;2*3-1(4)2(5)6/h4,6-7,10-11,21H,3,5,8-9,12-19H2,1-2H3;2*(H,3,4)(H,5,6). The summed E-state index contributed by atoms with van der Waals surface area (Å²) in [5, 5.41) is 29.6. The molecule has 0 unspecified atom stereocenters. The second kappa shape index (κ2) is 20.2.